The number of benzene rings is 1. The maximum absolute atomic E-state index is 10.5. The lowest BCUT2D eigenvalue weighted by atomic mass is 10.0. The smallest absolute Gasteiger partial charge is 0.217 e. The standard InChI is InChI=1S/C16H33NO.C14H21NO/c1-2-3-4-5-6-7-8-9-10-11-12-13-14-15-16(17)18;1-16-14-8-6-13(7-9-14)5-4-12-15-10-2-3-11-15/h2-15H2,1H3,(H2,17,18);6-9H,2-5,10-12H2,1H3. The lowest BCUT2D eigenvalue weighted by Gasteiger charge is -2.13. The average molecular weight is 475 g/mol. The van der Waals surface area contributed by atoms with Gasteiger partial charge in [0.05, 0.1) is 7.11 Å². The quantitative estimate of drug-likeness (QED) is 0.209. The van der Waals surface area contributed by atoms with Gasteiger partial charge in [-0.15, -0.1) is 0 Å². The molecule has 4 heteroatoms. The first-order chi connectivity index (χ1) is 16.7. The second-order valence-corrected chi connectivity index (χ2v) is 9.96. The zero-order valence-electron chi connectivity index (χ0n) is 22.5. The van der Waals surface area contributed by atoms with Crippen molar-refractivity contribution in [3.8, 4) is 5.75 Å². The molecule has 34 heavy (non-hydrogen) atoms. The van der Waals surface area contributed by atoms with Crippen molar-refractivity contribution in [2.45, 2.75) is 122 Å². The lowest BCUT2D eigenvalue weighted by Crippen LogP contribution is -2.20. The van der Waals surface area contributed by atoms with E-state index < -0.39 is 0 Å². The molecule has 0 aliphatic carbocycles. The van der Waals surface area contributed by atoms with Crippen LogP contribution in [0.1, 0.15) is 122 Å². The van der Waals surface area contributed by atoms with E-state index in [1.807, 2.05) is 12.1 Å². The van der Waals surface area contributed by atoms with Crippen LogP contribution in [-0.4, -0.2) is 37.6 Å². The molecule has 0 saturated carbocycles. The fraction of sp³-hybridized carbons (Fsp3) is 0.767. The molecular formula is C30H54N2O2. The number of unbranched alkanes of at least 4 members (excludes halogenated alkanes) is 12. The highest BCUT2D eigenvalue weighted by Crippen LogP contribution is 2.14. The third-order valence-electron chi connectivity index (χ3n) is 6.82. The van der Waals surface area contributed by atoms with E-state index >= 15 is 0 Å². The van der Waals surface area contributed by atoms with E-state index in [4.69, 9.17) is 10.5 Å². The van der Waals surface area contributed by atoms with Crippen LogP contribution in [0, 0.1) is 0 Å². The summed E-state index contributed by atoms with van der Waals surface area (Å²) in [5.74, 6) is 0.793. The van der Waals surface area contributed by atoms with E-state index in [-0.39, 0.29) is 5.91 Å². The van der Waals surface area contributed by atoms with E-state index in [0.29, 0.717) is 6.42 Å². The van der Waals surface area contributed by atoms with E-state index in [2.05, 4.69) is 24.0 Å². The van der Waals surface area contributed by atoms with Crippen molar-refractivity contribution in [2.24, 2.45) is 5.73 Å². The van der Waals surface area contributed by atoms with Crippen molar-refractivity contribution in [1.82, 2.24) is 4.90 Å². The van der Waals surface area contributed by atoms with Crippen LogP contribution in [0.25, 0.3) is 0 Å². The van der Waals surface area contributed by atoms with Gasteiger partial charge < -0.3 is 15.4 Å². The number of nitrogens with zero attached hydrogens (tertiary/aromatic N) is 1. The molecule has 0 aromatic heterocycles. The number of ether oxygens (including phenoxy) is 1. The topological polar surface area (TPSA) is 55.6 Å². The zero-order valence-corrected chi connectivity index (χ0v) is 22.5. The second-order valence-electron chi connectivity index (χ2n) is 9.96. The molecule has 1 aromatic carbocycles. The first kappa shape index (κ1) is 30.5. The molecule has 1 heterocycles. The number of carbonyl (C=O) groups excluding carboxylic acids is 1. The van der Waals surface area contributed by atoms with Gasteiger partial charge in [0.25, 0.3) is 0 Å². The van der Waals surface area contributed by atoms with Gasteiger partial charge in [0.1, 0.15) is 5.75 Å². The molecule has 0 unspecified atom stereocenters. The minimum Gasteiger partial charge on any atom is -0.497 e. The average Bonchev–Trinajstić information content (AvgIpc) is 3.36. The van der Waals surface area contributed by atoms with Gasteiger partial charge in [0.15, 0.2) is 0 Å². The predicted molar refractivity (Wildman–Crippen MR) is 146 cm³/mol. The predicted octanol–water partition coefficient (Wildman–Crippen LogP) is 7.68. The zero-order chi connectivity index (χ0) is 24.7. The van der Waals surface area contributed by atoms with Gasteiger partial charge >= 0.3 is 0 Å². The van der Waals surface area contributed by atoms with E-state index in [1.165, 1.54) is 128 Å². The highest BCUT2D eigenvalue weighted by molar-refractivity contribution is 5.73. The fourth-order valence-electron chi connectivity index (χ4n) is 4.62. The van der Waals surface area contributed by atoms with Crippen molar-refractivity contribution in [3.05, 3.63) is 29.8 Å². The summed E-state index contributed by atoms with van der Waals surface area (Å²) >= 11 is 0. The first-order valence-corrected chi connectivity index (χ1v) is 14.3. The summed E-state index contributed by atoms with van der Waals surface area (Å²) in [6.45, 7) is 6.14. The Morgan fingerprint density at radius 2 is 1.29 bits per heavy atom. The molecule has 1 amide bonds. The molecule has 1 aliphatic rings. The van der Waals surface area contributed by atoms with Gasteiger partial charge in [-0.25, -0.2) is 0 Å². The third kappa shape index (κ3) is 17.9. The molecule has 1 fully saturated rings. The first-order valence-electron chi connectivity index (χ1n) is 14.3. The van der Waals surface area contributed by atoms with Crippen LogP contribution < -0.4 is 10.5 Å². The molecule has 1 aliphatic heterocycles. The Hall–Kier alpha value is -1.55. The summed E-state index contributed by atoms with van der Waals surface area (Å²) in [4.78, 5) is 13.1. The minimum absolute atomic E-state index is 0.155. The number of primary amides is 1. The van der Waals surface area contributed by atoms with Crippen molar-refractivity contribution in [1.29, 1.82) is 0 Å². The number of likely N-dealkylation sites (tertiary alicyclic amines) is 1. The molecule has 1 saturated heterocycles. The van der Waals surface area contributed by atoms with Crippen LogP contribution >= 0.6 is 0 Å². The van der Waals surface area contributed by atoms with Gasteiger partial charge in [-0.3, -0.25) is 4.79 Å². The van der Waals surface area contributed by atoms with Crippen molar-refractivity contribution < 1.29 is 9.53 Å². The molecule has 0 spiro atoms. The Morgan fingerprint density at radius 1 is 0.794 bits per heavy atom. The van der Waals surface area contributed by atoms with Gasteiger partial charge in [-0.2, -0.15) is 0 Å². The number of aryl methyl sites for hydroxylation is 1. The monoisotopic (exact) mass is 474 g/mol. The summed E-state index contributed by atoms with van der Waals surface area (Å²) < 4.78 is 5.15. The summed E-state index contributed by atoms with van der Waals surface area (Å²) in [6.07, 6.45) is 23.2. The van der Waals surface area contributed by atoms with Crippen LogP contribution in [0.4, 0.5) is 0 Å². The number of nitrogens with two attached hydrogens (primary N) is 1. The molecular weight excluding hydrogens is 420 g/mol. The van der Waals surface area contributed by atoms with Crippen LogP contribution in [0.2, 0.25) is 0 Å². The number of amides is 1. The molecule has 196 valence electrons. The number of carbonyl (C=O) groups is 1. The maximum atomic E-state index is 10.5. The summed E-state index contributed by atoms with van der Waals surface area (Å²) in [7, 11) is 1.71. The Bertz CT molecular complexity index is 582. The van der Waals surface area contributed by atoms with Crippen molar-refractivity contribution in [3.63, 3.8) is 0 Å². The summed E-state index contributed by atoms with van der Waals surface area (Å²) in [5, 5.41) is 0. The van der Waals surface area contributed by atoms with Crippen molar-refractivity contribution in [2.75, 3.05) is 26.7 Å². The molecule has 4 nitrogen and oxygen atoms in total. The van der Waals surface area contributed by atoms with Crippen LogP contribution in [0.5, 0.6) is 5.75 Å². The minimum atomic E-state index is -0.155. The van der Waals surface area contributed by atoms with Gasteiger partial charge in [0, 0.05) is 6.42 Å². The van der Waals surface area contributed by atoms with E-state index in [0.717, 1.165) is 12.2 Å². The van der Waals surface area contributed by atoms with Crippen molar-refractivity contribution >= 4 is 5.91 Å². The number of hydrogen-bond donors (Lipinski definition) is 1. The lowest BCUT2D eigenvalue weighted by molar-refractivity contribution is -0.118. The van der Waals surface area contributed by atoms with Gasteiger partial charge in [-0.05, 0) is 69.4 Å². The maximum Gasteiger partial charge on any atom is 0.217 e. The molecule has 0 atom stereocenters. The Balaban J connectivity index is 0.000000341. The highest BCUT2D eigenvalue weighted by Gasteiger charge is 2.10. The normalized spacial score (nSPS) is 13.5. The van der Waals surface area contributed by atoms with E-state index in [1.54, 1.807) is 7.11 Å². The Labute approximate surface area is 211 Å². The summed E-state index contributed by atoms with van der Waals surface area (Å²) in [5.41, 5.74) is 6.51. The van der Waals surface area contributed by atoms with E-state index in [9.17, 15) is 4.79 Å². The third-order valence-corrected chi connectivity index (χ3v) is 6.82. The summed E-state index contributed by atoms with van der Waals surface area (Å²) in [6, 6.07) is 8.43. The van der Waals surface area contributed by atoms with Crippen LogP contribution in [-0.2, 0) is 11.2 Å². The Morgan fingerprint density at radius 3 is 1.76 bits per heavy atom. The largest absolute Gasteiger partial charge is 0.497 e. The van der Waals surface area contributed by atoms with Gasteiger partial charge in [0.2, 0.25) is 5.91 Å². The molecule has 1 aromatic rings. The highest BCUT2D eigenvalue weighted by atomic mass is 16.5. The molecule has 2 N–H and O–H groups in total. The molecule has 2 rings (SSSR count). The van der Waals surface area contributed by atoms with Crippen LogP contribution in [0.15, 0.2) is 24.3 Å². The van der Waals surface area contributed by atoms with Crippen LogP contribution in [0.3, 0.4) is 0 Å². The number of methoxy groups -OCH3 is 1. The Kier molecular flexibility index (Phi) is 19.7. The number of hydrogen-bond acceptors (Lipinski definition) is 3. The molecule has 0 bridgehead atoms. The van der Waals surface area contributed by atoms with Gasteiger partial charge in [-0.1, -0.05) is 96.1 Å². The fourth-order valence-corrected chi connectivity index (χ4v) is 4.62. The SMILES string of the molecule is CCCCCCCCCCCCCCCC(N)=O.COc1ccc(CCCN2CCCC2)cc1. The molecule has 0 radical (unpaired) electrons. The second kappa shape index (κ2) is 21.9. The number of rotatable bonds is 19.